The summed E-state index contributed by atoms with van der Waals surface area (Å²) >= 11 is 0. The number of carboxylic acid groups (broad SMARTS) is 1. The third kappa shape index (κ3) is 3.55. The molecule has 162 valence electrons. The van der Waals surface area contributed by atoms with E-state index < -0.39 is 49.3 Å². The molecule has 4 rings (SSSR count). The second-order valence-corrected chi connectivity index (χ2v) is 6.99. The van der Waals surface area contributed by atoms with Crippen LogP contribution in [0.25, 0.3) is 0 Å². The zero-order valence-corrected chi connectivity index (χ0v) is 15.6. The lowest BCUT2D eigenvalue weighted by molar-refractivity contribution is -0.140. The number of fused-ring (bicyclic) bond motifs is 1. The topological polar surface area (TPSA) is 207 Å². The first-order chi connectivity index (χ1) is 14.4. The molecular formula is C16H22N8O6. The summed E-state index contributed by atoms with van der Waals surface area (Å²) in [7, 11) is 0. The predicted molar refractivity (Wildman–Crippen MR) is 99.0 cm³/mol. The number of aliphatic imine (C=N–C) groups is 1. The maximum atomic E-state index is 11.6. The second kappa shape index (κ2) is 8.10. The number of H-pyrrole nitrogens is 1. The number of hydrogen-bond acceptors (Lipinski definition) is 11. The summed E-state index contributed by atoms with van der Waals surface area (Å²) in [6.45, 7) is -0.459. The fourth-order valence-corrected chi connectivity index (χ4v) is 3.43. The van der Waals surface area contributed by atoms with Crippen molar-refractivity contribution in [3.63, 3.8) is 0 Å². The monoisotopic (exact) mass is 422 g/mol. The molecule has 2 aromatic heterocycles. The second-order valence-electron chi connectivity index (χ2n) is 6.99. The lowest BCUT2D eigenvalue weighted by Crippen LogP contribution is -2.53. The van der Waals surface area contributed by atoms with Crippen molar-refractivity contribution in [2.45, 2.75) is 43.2 Å². The van der Waals surface area contributed by atoms with Crippen LogP contribution in [-0.4, -0.2) is 88.2 Å². The lowest BCUT2D eigenvalue weighted by atomic mass is 10.1. The van der Waals surface area contributed by atoms with Crippen molar-refractivity contribution in [3.05, 3.63) is 30.2 Å². The van der Waals surface area contributed by atoms with Gasteiger partial charge in [-0.3, -0.25) is 14.4 Å². The minimum Gasteiger partial charge on any atom is -0.480 e. The molecule has 1 fully saturated rings. The molecule has 14 heteroatoms. The van der Waals surface area contributed by atoms with E-state index in [4.69, 9.17) is 10.5 Å². The number of carboxylic acids is 1. The van der Waals surface area contributed by atoms with Gasteiger partial charge in [0.1, 0.15) is 42.6 Å². The number of aliphatic hydroxyl groups is 3. The molecule has 0 aliphatic carbocycles. The summed E-state index contributed by atoms with van der Waals surface area (Å²) in [4.78, 5) is 26.8. The summed E-state index contributed by atoms with van der Waals surface area (Å²) in [5, 5.41) is 40.3. The first kappa shape index (κ1) is 20.4. The fraction of sp³-hybridized carbons (Fsp3) is 0.500. The Kier molecular flexibility index (Phi) is 5.50. The van der Waals surface area contributed by atoms with Crippen LogP contribution in [0.3, 0.4) is 0 Å². The molecule has 2 aromatic rings. The van der Waals surface area contributed by atoms with Crippen molar-refractivity contribution in [2.75, 3.05) is 6.61 Å². The van der Waals surface area contributed by atoms with Crippen molar-refractivity contribution in [1.29, 1.82) is 0 Å². The van der Waals surface area contributed by atoms with Gasteiger partial charge in [0.2, 0.25) is 0 Å². The van der Waals surface area contributed by atoms with E-state index in [9.17, 15) is 25.2 Å². The normalized spacial score (nSPS) is 29.2. The smallest absolute Gasteiger partial charge is 0.322 e. The molecule has 1 saturated heterocycles. The van der Waals surface area contributed by atoms with Gasteiger partial charge in [0.15, 0.2) is 12.0 Å². The first-order valence-corrected chi connectivity index (χ1v) is 9.14. The number of ether oxygens (including phenoxy) is 1. The molecule has 2 aliphatic rings. The molecule has 30 heavy (non-hydrogen) atoms. The van der Waals surface area contributed by atoms with Crippen LogP contribution in [0.4, 0.5) is 5.82 Å². The zero-order valence-electron chi connectivity index (χ0n) is 15.6. The Bertz CT molecular complexity index is 917. The van der Waals surface area contributed by atoms with Crippen LogP contribution in [-0.2, 0) is 16.0 Å². The number of aromatic amines is 1. The Morgan fingerprint density at radius 1 is 1.40 bits per heavy atom. The van der Waals surface area contributed by atoms with Crippen molar-refractivity contribution < 1.29 is 30.0 Å². The van der Waals surface area contributed by atoms with Crippen molar-refractivity contribution in [1.82, 2.24) is 30.0 Å². The predicted octanol–water partition coefficient (Wildman–Crippen LogP) is -2.65. The highest BCUT2D eigenvalue weighted by molar-refractivity contribution is 5.74. The van der Waals surface area contributed by atoms with E-state index >= 15 is 0 Å². The Hall–Kier alpha value is -2.88. The highest BCUT2D eigenvalue weighted by Crippen LogP contribution is 2.36. The summed E-state index contributed by atoms with van der Waals surface area (Å²) in [5.41, 5.74) is 9.98. The van der Waals surface area contributed by atoms with Crippen molar-refractivity contribution in [2.24, 2.45) is 10.7 Å². The van der Waals surface area contributed by atoms with Gasteiger partial charge in [0.25, 0.3) is 0 Å². The number of nitrogens with one attached hydrogen (secondary N) is 2. The Morgan fingerprint density at radius 2 is 2.20 bits per heavy atom. The van der Waals surface area contributed by atoms with Crippen LogP contribution in [0.1, 0.15) is 23.8 Å². The van der Waals surface area contributed by atoms with Crippen LogP contribution in [0.5, 0.6) is 0 Å². The van der Waals surface area contributed by atoms with Gasteiger partial charge in [-0.2, -0.15) is 0 Å². The van der Waals surface area contributed by atoms with Crippen LogP contribution in [0.2, 0.25) is 0 Å². The molecule has 4 heterocycles. The van der Waals surface area contributed by atoms with Crippen molar-refractivity contribution in [3.8, 4) is 0 Å². The molecule has 0 bridgehead atoms. The van der Waals surface area contributed by atoms with E-state index in [-0.39, 0.29) is 12.2 Å². The summed E-state index contributed by atoms with van der Waals surface area (Å²) in [5.74, 6) is -0.802. The number of carbonyl (C=O) groups is 1. The van der Waals surface area contributed by atoms with Crippen LogP contribution < -0.4 is 11.2 Å². The van der Waals surface area contributed by atoms with E-state index in [1.165, 1.54) is 34.8 Å². The lowest BCUT2D eigenvalue weighted by Gasteiger charge is -2.32. The highest BCUT2D eigenvalue weighted by Gasteiger charge is 2.45. The fourth-order valence-electron chi connectivity index (χ4n) is 3.43. The Morgan fingerprint density at radius 3 is 2.83 bits per heavy atom. The van der Waals surface area contributed by atoms with Gasteiger partial charge in [-0.05, 0) is 0 Å². The van der Waals surface area contributed by atoms with E-state index in [1.807, 2.05) is 0 Å². The van der Waals surface area contributed by atoms with Gasteiger partial charge < -0.3 is 35.9 Å². The van der Waals surface area contributed by atoms with E-state index in [2.05, 4.69) is 25.4 Å². The summed E-state index contributed by atoms with van der Waals surface area (Å²) in [6.07, 6.45) is 0.397. The van der Waals surface area contributed by atoms with Crippen LogP contribution >= 0.6 is 0 Å². The number of rotatable bonds is 7. The molecule has 0 saturated carbocycles. The standard InChI is InChI=1S/C16H22N8O6/c17-13-10-14(23(5-20-10)15-12(27)11(26)9(3-25)30-15)21-6-24(13)22-8(16(28)29)1-7-2-18-4-19-7/h2,4-6,8-9,11-13,15,22,25-27H,1,3,17H2,(H,18,19)(H,28,29)/t8-,9+,11?,12?,13?,15+/m1/s1. The van der Waals surface area contributed by atoms with Crippen LogP contribution in [0, 0.1) is 0 Å². The SMILES string of the molecule is NC1c2ncn([C@H]3O[C@@H](CO)C(O)C3O)c2N=CN1N[C@H](Cc1cnc[nH]1)C(=O)O. The third-order valence-electron chi connectivity index (χ3n) is 5.05. The van der Waals surface area contributed by atoms with Crippen LogP contribution in [0.15, 0.2) is 23.8 Å². The molecular weight excluding hydrogens is 400 g/mol. The number of hydrazine groups is 1. The average Bonchev–Trinajstić information content (AvgIpc) is 3.44. The molecule has 14 nitrogen and oxygen atoms in total. The van der Waals surface area contributed by atoms with Gasteiger partial charge in [-0.25, -0.2) is 20.4 Å². The maximum Gasteiger partial charge on any atom is 0.322 e. The number of aliphatic hydroxyl groups excluding tert-OH is 3. The zero-order chi connectivity index (χ0) is 21.4. The Labute approximate surface area is 169 Å². The first-order valence-electron chi connectivity index (χ1n) is 9.14. The molecule has 0 spiro atoms. The highest BCUT2D eigenvalue weighted by atomic mass is 16.6. The summed E-state index contributed by atoms with van der Waals surface area (Å²) < 4.78 is 6.91. The average molecular weight is 422 g/mol. The molecule has 0 radical (unpaired) electrons. The Balaban J connectivity index is 1.52. The largest absolute Gasteiger partial charge is 0.480 e. The number of hydrogen-bond donors (Lipinski definition) is 7. The molecule has 3 unspecified atom stereocenters. The number of imidazole rings is 2. The number of aliphatic carboxylic acids is 1. The molecule has 0 amide bonds. The maximum absolute atomic E-state index is 11.6. The van der Waals surface area contributed by atoms with Gasteiger partial charge in [-0.1, -0.05) is 0 Å². The molecule has 8 N–H and O–H groups in total. The number of nitrogens with two attached hydrogens (primary N) is 1. The molecule has 6 atom stereocenters. The number of nitrogens with zero attached hydrogens (tertiary/aromatic N) is 5. The van der Waals surface area contributed by atoms with Gasteiger partial charge in [0.05, 0.1) is 19.3 Å². The van der Waals surface area contributed by atoms with E-state index in [1.54, 1.807) is 0 Å². The van der Waals surface area contributed by atoms with E-state index in [0.29, 0.717) is 11.4 Å². The third-order valence-corrected chi connectivity index (χ3v) is 5.05. The minimum atomic E-state index is -1.30. The van der Waals surface area contributed by atoms with Gasteiger partial charge in [-0.15, -0.1) is 0 Å². The van der Waals surface area contributed by atoms with E-state index in [0.717, 1.165) is 0 Å². The van der Waals surface area contributed by atoms with Gasteiger partial charge in [0, 0.05) is 18.3 Å². The van der Waals surface area contributed by atoms with Crippen molar-refractivity contribution >= 4 is 18.1 Å². The number of aromatic nitrogens is 4. The molecule has 2 aliphatic heterocycles. The minimum absolute atomic E-state index is 0.135. The molecule has 0 aromatic carbocycles. The van der Waals surface area contributed by atoms with Gasteiger partial charge >= 0.3 is 5.97 Å². The quantitative estimate of drug-likeness (QED) is 0.245. The summed E-state index contributed by atoms with van der Waals surface area (Å²) in [6, 6.07) is -1.01.